The van der Waals surface area contributed by atoms with Gasteiger partial charge in [0.15, 0.2) is 0 Å². The Morgan fingerprint density at radius 3 is 2.80 bits per heavy atom. The number of nitrogens with one attached hydrogen (secondary N) is 1. The van der Waals surface area contributed by atoms with Gasteiger partial charge in [-0.1, -0.05) is 26.2 Å². The maximum absolute atomic E-state index is 11.7. The van der Waals surface area contributed by atoms with Crippen LogP contribution in [0.1, 0.15) is 64.7 Å². The molecule has 1 heterocycles. The Morgan fingerprint density at radius 2 is 2.05 bits per heavy atom. The molecule has 1 saturated heterocycles. The molecule has 0 spiro atoms. The third kappa shape index (κ3) is 7.25. The number of carbonyl (C=O) groups is 1. The molecule has 0 aromatic heterocycles. The first kappa shape index (κ1) is 17.4. The van der Waals surface area contributed by atoms with E-state index in [-0.39, 0.29) is 5.91 Å². The topological polar surface area (TPSA) is 58.4 Å². The molecule has 4 nitrogen and oxygen atoms in total. The summed E-state index contributed by atoms with van der Waals surface area (Å²) in [6.07, 6.45) is 10.2. The summed E-state index contributed by atoms with van der Waals surface area (Å²) in [5.41, 5.74) is 5.45. The van der Waals surface area contributed by atoms with Crippen LogP contribution in [0.2, 0.25) is 0 Å². The largest absolute Gasteiger partial charge is 0.355 e. The van der Waals surface area contributed by atoms with E-state index in [1.165, 1.54) is 32.2 Å². The van der Waals surface area contributed by atoms with E-state index in [1.807, 2.05) is 0 Å². The Balaban J connectivity index is 2.03. The number of hydrogen-bond acceptors (Lipinski definition) is 3. The zero-order valence-electron chi connectivity index (χ0n) is 13.2. The van der Waals surface area contributed by atoms with E-state index in [0.29, 0.717) is 6.42 Å². The Labute approximate surface area is 124 Å². The van der Waals surface area contributed by atoms with Gasteiger partial charge in [0, 0.05) is 25.6 Å². The van der Waals surface area contributed by atoms with Gasteiger partial charge in [-0.15, -0.1) is 0 Å². The van der Waals surface area contributed by atoms with Crippen LogP contribution in [-0.4, -0.2) is 43.0 Å². The van der Waals surface area contributed by atoms with Crippen LogP contribution in [0.15, 0.2) is 0 Å². The molecule has 0 aliphatic carbocycles. The minimum Gasteiger partial charge on any atom is -0.355 e. The zero-order chi connectivity index (χ0) is 14.6. The molecule has 1 aliphatic heterocycles. The number of likely N-dealkylation sites (tertiary alicyclic amines) is 1. The first-order valence-corrected chi connectivity index (χ1v) is 8.48. The van der Waals surface area contributed by atoms with Gasteiger partial charge in [-0.2, -0.15) is 0 Å². The van der Waals surface area contributed by atoms with E-state index >= 15 is 0 Å². The minimum absolute atomic E-state index is 0.211. The number of amides is 1. The summed E-state index contributed by atoms with van der Waals surface area (Å²) in [6, 6.07) is 0.733. The van der Waals surface area contributed by atoms with Crippen molar-refractivity contribution < 1.29 is 4.79 Å². The summed E-state index contributed by atoms with van der Waals surface area (Å²) in [5, 5.41) is 3.06. The van der Waals surface area contributed by atoms with Gasteiger partial charge < -0.3 is 11.1 Å². The lowest BCUT2D eigenvalue weighted by atomic mass is 10.0. The average molecular weight is 283 g/mol. The van der Waals surface area contributed by atoms with E-state index in [2.05, 4.69) is 17.1 Å². The molecule has 20 heavy (non-hydrogen) atoms. The van der Waals surface area contributed by atoms with Crippen LogP contribution in [0.5, 0.6) is 0 Å². The van der Waals surface area contributed by atoms with Crippen LogP contribution in [-0.2, 0) is 4.79 Å². The highest BCUT2D eigenvalue weighted by atomic mass is 16.1. The van der Waals surface area contributed by atoms with Crippen molar-refractivity contribution in [2.24, 2.45) is 5.73 Å². The lowest BCUT2D eigenvalue weighted by Crippen LogP contribution is -2.43. The highest BCUT2D eigenvalue weighted by Gasteiger charge is 2.19. The van der Waals surface area contributed by atoms with Crippen molar-refractivity contribution in [1.29, 1.82) is 0 Å². The standard InChI is InChI=1S/C16H33N3O/c1-2-15-9-6-8-13-19(15)14-12-18-16(20)10-5-3-4-7-11-17/h15H,2-14,17H2,1H3,(H,18,20). The fraction of sp³-hybridized carbons (Fsp3) is 0.938. The van der Waals surface area contributed by atoms with Crippen molar-refractivity contribution in [2.45, 2.75) is 70.8 Å². The van der Waals surface area contributed by atoms with Crippen molar-refractivity contribution in [1.82, 2.24) is 10.2 Å². The molecule has 3 N–H and O–H groups in total. The molecule has 1 rings (SSSR count). The predicted octanol–water partition coefficient (Wildman–Crippen LogP) is 2.28. The van der Waals surface area contributed by atoms with Gasteiger partial charge in [-0.3, -0.25) is 9.69 Å². The lowest BCUT2D eigenvalue weighted by Gasteiger charge is -2.35. The maximum Gasteiger partial charge on any atom is 0.220 e. The number of piperidine rings is 1. The van der Waals surface area contributed by atoms with Gasteiger partial charge >= 0.3 is 0 Å². The van der Waals surface area contributed by atoms with Gasteiger partial charge in [0.2, 0.25) is 5.91 Å². The number of hydrogen-bond donors (Lipinski definition) is 2. The lowest BCUT2D eigenvalue weighted by molar-refractivity contribution is -0.121. The molecule has 1 atom stereocenters. The zero-order valence-corrected chi connectivity index (χ0v) is 13.2. The normalized spacial score (nSPS) is 20.0. The van der Waals surface area contributed by atoms with Gasteiger partial charge in [-0.05, 0) is 45.2 Å². The molecule has 1 fully saturated rings. The summed E-state index contributed by atoms with van der Waals surface area (Å²) in [4.78, 5) is 14.3. The van der Waals surface area contributed by atoms with E-state index in [1.54, 1.807) is 0 Å². The van der Waals surface area contributed by atoms with Crippen molar-refractivity contribution in [3.8, 4) is 0 Å². The molecule has 0 bridgehead atoms. The van der Waals surface area contributed by atoms with Crippen LogP contribution in [0, 0.1) is 0 Å². The quantitative estimate of drug-likeness (QED) is 0.605. The third-order valence-electron chi connectivity index (χ3n) is 4.30. The number of rotatable bonds is 10. The molecule has 0 aromatic carbocycles. The van der Waals surface area contributed by atoms with E-state index in [0.717, 1.165) is 51.4 Å². The second-order valence-corrected chi connectivity index (χ2v) is 5.90. The van der Waals surface area contributed by atoms with Crippen molar-refractivity contribution in [3.05, 3.63) is 0 Å². The molecule has 0 radical (unpaired) electrons. The number of nitrogens with zero attached hydrogens (tertiary/aromatic N) is 1. The Morgan fingerprint density at radius 1 is 1.25 bits per heavy atom. The first-order valence-electron chi connectivity index (χ1n) is 8.48. The number of nitrogens with two attached hydrogens (primary N) is 1. The maximum atomic E-state index is 11.7. The molecular formula is C16H33N3O. The summed E-state index contributed by atoms with van der Waals surface area (Å²) in [6.45, 7) is 6.05. The first-order chi connectivity index (χ1) is 9.77. The van der Waals surface area contributed by atoms with Gasteiger partial charge in [0.05, 0.1) is 0 Å². The predicted molar refractivity (Wildman–Crippen MR) is 84.7 cm³/mol. The molecule has 1 aliphatic rings. The smallest absolute Gasteiger partial charge is 0.220 e. The summed E-state index contributed by atoms with van der Waals surface area (Å²) in [5.74, 6) is 0.211. The third-order valence-corrected chi connectivity index (χ3v) is 4.30. The van der Waals surface area contributed by atoms with Crippen molar-refractivity contribution >= 4 is 5.91 Å². The number of carbonyl (C=O) groups excluding carboxylic acids is 1. The Hall–Kier alpha value is -0.610. The van der Waals surface area contributed by atoms with E-state index in [9.17, 15) is 4.79 Å². The van der Waals surface area contributed by atoms with Crippen LogP contribution in [0.25, 0.3) is 0 Å². The molecule has 0 aromatic rings. The monoisotopic (exact) mass is 283 g/mol. The van der Waals surface area contributed by atoms with Crippen LogP contribution >= 0.6 is 0 Å². The molecule has 118 valence electrons. The summed E-state index contributed by atoms with van der Waals surface area (Å²) < 4.78 is 0. The second-order valence-electron chi connectivity index (χ2n) is 5.90. The molecule has 4 heteroatoms. The SMILES string of the molecule is CCC1CCCCN1CCNC(=O)CCCCCCN. The van der Waals surface area contributed by atoms with Crippen LogP contribution < -0.4 is 11.1 Å². The van der Waals surface area contributed by atoms with Gasteiger partial charge in [0.25, 0.3) is 0 Å². The van der Waals surface area contributed by atoms with E-state index < -0.39 is 0 Å². The van der Waals surface area contributed by atoms with E-state index in [4.69, 9.17) is 5.73 Å². The highest BCUT2D eigenvalue weighted by molar-refractivity contribution is 5.75. The van der Waals surface area contributed by atoms with Crippen LogP contribution in [0.3, 0.4) is 0 Å². The average Bonchev–Trinajstić information content (AvgIpc) is 2.47. The fourth-order valence-electron chi connectivity index (χ4n) is 3.03. The number of unbranched alkanes of at least 4 members (excludes halogenated alkanes) is 3. The van der Waals surface area contributed by atoms with Crippen LogP contribution in [0.4, 0.5) is 0 Å². The highest BCUT2D eigenvalue weighted by Crippen LogP contribution is 2.18. The minimum atomic E-state index is 0.211. The summed E-state index contributed by atoms with van der Waals surface area (Å²) in [7, 11) is 0. The Kier molecular flexibility index (Phi) is 9.67. The molecule has 0 saturated carbocycles. The van der Waals surface area contributed by atoms with Gasteiger partial charge in [-0.25, -0.2) is 0 Å². The molecule has 1 amide bonds. The fourth-order valence-corrected chi connectivity index (χ4v) is 3.03. The van der Waals surface area contributed by atoms with Crippen molar-refractivity contribution in [2.75, 3.05) is 26.2 Å². The Bertz CT molecular complexity index is 258. The van der Waals surface area contributed by atoms with Gasteiger partial charge in [0.1, 0.15) is 0 Å². The molecular weight excluding hydrogens is 250 g/mol. The summed E-state index contributed by atoms with van der Waals surface area (Å²) >= 11 is 0. The molecule has 1 unspecified atom stereocenters. The van der Waals surface area contributed by atoms with Crippen molar-refractivity contribution in [3.63, 3.8) is 0 Å². The second kappa shape index (κ2) is 11.1.